The molecule has 0 amide bonds. The van der Waals surface area contributed by atoms with E-state index in [0.29, 0.717) is 0 Å². The van der Waals surface area contributed by atoms with Crippen LogP contribution in [0.15, 0.2) is 48.5 Å². The van der Waals surface area contributed by atoms with Crippen LogP contribution in [0.3, 0.4) is 0 Å². The molecule has 0 radical (unpaired) electrons. The van der Waals surface area contributed by atoms with Crippen LogP contribution < -0.4 is 19.8 Å². The van der Waals surface area contributed by atoms with E-state index in [2.05, 4.69) is 74.7 Å². The Morgan fingerprint density at radius 2 is 0.909 bits per heavy atom. The molecule has 2 nitrogen and oxygen atoms in total. The number of ether oxygens (including phenoxy) is 2. The second-order valence-electron chi connectivity index (χ2n) is 6.83. The fourth-order valence-corrected chi connectivity index (χ4v) is 12.8. The van der Waals surface area contributed by atoms with Gasteiger partial charge in [-0.2, -0.15) is 0 Å². The van der Waals surface area contributed by atoms with Crippen molar-refractivity contribution in [3.8, 4) is 11.5 Å². The Kier molecular flexibility index (Phi) is 4.82. The van der Waals surface area contributed by atoms with Gasteiger partial charge in [0, 0.05) is 7.59 Å². The molecule has 0 unspecified atom stereocenters. The average Bonchev–Trinajstić information content (AvgIpc) is 2.53. The summed E-state index contributed by atoms with van der Waals surface area (Å²) in [5.41, 5.74) is 0. The summed E-state index contributed by atoms with van der Waals surface area (Å²) in [6.07, 6.45) is 0. The van der Waals surface area contributed by atoms with Gasteiger partial charge in [-0.1, -0.05) is 60.8 Å². The molecule has 0 heterocycles. The van der Waals surface area contributed by atoms with Crippen molar-refractivity contribution >= 4 is 25.6 Å². The van der Waals surface area contributed by atoms with Crippen molar-refractivity contribution in [1.82, 2.24) is 0 Å². The largest absolute Gasteiger partial charge is 0.497 e. The van der Waals surface area contributed by atoms with Gasteiger partial charge in [0.15, 0.2) is 0 Å². The Labute approximate surface area is 135 Å². The molecule has 0 aliphatic rings. The maximum Gasteiger partial charge on any atom is 0.118 e. The van der Waals surface area contributed by atoms with Gasteiger partial charge in [0.2, 0.25) is 0 Å². The van der Waals surface area contributed by atoms with E-state index in [1.165, 1.54) is 10.4 Å². The number of hydrogen-bond donors (Lipinski definition) is 0. The van der Waals surface area contributed by atoms with Gasteiger partial charge in [-0.05, 0) is 24.3 Å². The van der Waals surface area contributed by atoms with E-state index in [0.717, 1.165) is 11.5 Å². The van der Waals surface area contributed by atoms with Crippen LogP contribution in [0.4, 0.5) is 0 Å². The van der Waals surface area contributed by atoms with Gasteiger partial charge in [-0.3, -0.25) is 0 Å². The van der Waals surface area contributed by atoms with Crippen LogP contribution in [0, 0.1) is 0 Å². The summed E-state index contributed by atoms with van der Waals surface area (Å²) in [6.45, 7) is 9.94. The van der Waals surface area contributed by atoms with Gasteiger partial charge in [0.25, 0.3) is 0 Å². The fourth-order valence-electron chi connectivity index (χ4n) is 2.88. The molecule has 0 aliphatic heterocycles. The predicted octanol–water partition coefficient (Wildman–Crippen LogP) is 3.31. The Hall–Kier alpha value is -1.53. The monoisotopic (exact) mass is 330 g/mol. The zero-order valence-electron chi connectivity index (χ0n) is 14.4. The summed E-state index contributed by atoms with van der Waals surface area (Å²) in [5.74, 6) is 1.84. The lowest BCUT2D eigenvalue weighted by Gasteiger charge is -2.40. The lowest BCUT2D eigenvalue weighted by atomic mass is 10.3. The summed E-state index contributed by atoms with van der Waals surface area (Å²) in [4.78, 5) is 0. The molecule has 2 aromatic rings. The molecule has 22 heavy (non-hydrogen) atoms. The molecule has 0 atom stereocenters. The molecule has 0 saturated carbocycles. The van der Waals surface area contributed by atoms with Crippen molar-refractivity contribution in [1.29, 1.82) is 0 Å². The van der Waals surface area contributed by atoms with Crippen molar-refractivity contribution in [2.24, 2.45) is 0 Å². The summed E-state index contributed by atoms with van der Waals surface area (Å²) in [6, 6.07) is 17.4. The Balaban J connectivity index is 2.55. The summed E-state index contributed by atoms with van der Waals surface area (Å²) in [7, 11) is 0.295. The van der Waals surface area contributed by atoms with Crippen LogP contribution in [0.25, 0.3) is 0 Å². The molecule has 0 spiro atoms. The predicted molar refractivity (Wildman–Crippen MR) is 100 cm³/mol. The normalized spacial score (nSPS) is 12.1. The Morgan fingerprint density at radius 3 is 1.14 bits per heavy atom. The molecular weight excluding hydrogens is 304 g/mol. The van der Waals surface area contributed by atoms with E-state index in [4.69, 9.17) is 9.47 Å². The molecular formula is C18H26O2Si2. The second-order valence-corrected chi connectivity index (χ2v) is 22.2. The smallest absolute Gasteiger partial charge is 0.118 e. The number of methoxy groups -OCH3 is 2. The van der Waals surface area contributed by atoms with Crippen molar-refractivity contribution in [3.63, 3.8) is 0 Å². The summed E-state index contributed by atoms with van der Waals surface area (Å²) < 4.78 is 10.6. The highest BCUT2D eigenvalue weighted by atomic mass is 29.3. The minimum atomic E-state index is -1.75. The van der Waals surface area contributed by atoms with Crippen LogP contribution in [0.2, 0.25) is 26.2 Å². The highest BCUT2D eigenvalue weighted by molar-refractivity contribution is 7.50. The number of rotatable bonds is 5. The number of hydrogen-bond acceptors (Lipinski definition) is 2. The van der Waals surface area contributed by atoms with E-state index in [1.807, 2.05) is 0 Å². The molecule has 0 aromatic heterocycles. The van der Waals surface area contributed by atoms with Gasteiger partial charge in [0.05, 0.1) is 14.2 Å². The van der Waals surface area contributed by atoms with E-state index in [9.17, 15) is 0 Å². The molecule has 0 bridgehead atoms. The Bertz CT molecular complexity index is 566. The van der Waals surface area contributed by atoms with Gasteiger partial charge >= 0.3 is 0 Å². The van der Waals surface area contributed by atoms with Crippen molar-refractivity contribution in [2.75, 3.05) is 14.2 Å². The first-order chi connectivity index (χ1) is 10.3. The van der Waals surface area contributed by atoms with Crippen molar-refractivity contribution < 1.29 is 9.47 Å². The van der Waals surface area contributed by atoms with E-state index in [1.54, 1.807) is 14.2 Å². The molecule has 0 saturated heterocycles. The van der Waals surface area contributed by atoms with E-state index >= 15 is 0 Å². The quantitative estimate of drug-likeness (QED) is 0.783. The third-order valence-electron chi connectivity index (χ3n) is 4.83. The van der Waals surface area contributed by atoms with Crippen LogP contribution in [0.1, 0.15) is 0 Å². The SMILES string of the molecule is COc1ccc([Si](C)(c2ccc(OC)cc2)[Si](C)(C)C)cc1. The third-order valence-corrected chi connectivity index (χ3v) is 21.5. The van der Waals surface area contributed by atoms with Gasteiger partial charge < -0.3 is 9.47 Å². The first-order valence-corrected chi connectivity index (χ1v) is 14.6. The van der Waals surface area contributed by atoms with E-state index in [-0.39, 0.29) is 0 Å². The van der Waals surface area contributed by atoms with Crippen LogP contribution in [-0.2, 0) is 0 Å². The standard InChI is InChI=1S/C18H26O2Si2/c1-19-15-7-11-17(12-8-15)22(6,21(3,4)5)18-13-9-16(20-2)10-14-18/h7-14H,1-6H3. The molecule has 2 rings (SSSR count). The Morgan fingerprint density at radius 1 is 0.591 bits per heavy atom. The zero-order chi connectivity index (χ0) is 16.4. The average molecular weight is 331 g/mol. The number of benzene rings is 2. The first-order valence-electron chi connectivity index (χ1n) is 7.62. The van der Waals surface area contributed by atoms with Crippen molar-refractivity contribution in [3.05, 3.63) is 48.5 Å². The minimum absolute atomic E-state index is 0.922. The highest BCUT2D eigenvalue weighted by Gasteiger charge is 2.44. The fraction of sp³-hybridized carbons (Fsp3) is 0.333. The van der Waals surface area contributed by atoms with Gasteiger partial charge in [-0.25, -0.2) is 0 Å². The molecule has 0 aliphatic carbocycles. The van der Waals surface area contributed by atoms with Crippen LogP contribution in [-0.4, -0.2) is 29.4 Å². The second kappa shape index (κ2) is 6.30. The lowest BCUT2D eigenvalue weighted by Crippen LogP contribution is -2.71. The molecule has 0 fully saturated rings. The van der Waals surface area contributed by atoms with Crippen LogP contribution in [0.5, 0.6) is 11.5 Å². The molecule has 2 aromatic carbocycles. The highest BCUT2D eigenvalue weighted by Crippen LogP contribution is 2.22. The summed E-state index contributed by atoms with van der Waals surface area (Å²) in [5, 5.41) is 2.97. The molecule has 4 heteroatoms. The van der Waals surface area contributed by atoms with E-state index < -0.39 is 15.2 Å². The molecule has 0 N–H and O–H groups in total. The maximum atomic E-state index is 5.31. The van der Waals surface area contributed by atoms with Crippen LogP contribution >= 0.6 is 0 Å². The van der Waals surface area contributed by atoms with Gasteiger partial charge in [0.1, 0.15) is 19.1 Å². The first kappa shape index (κ1) is 16.8. The molecule has 118 valence electrons. The maximum absolute atomic E-state index is 5.31. The van der Waals surface area contributed by atoms with Crippen molar-refractivity contribution in [2.45, 2.75) is 26.2 Å². The topological polar surface area (TPSA) is 18.5 Å². The minimum Gasteiger partial charge on any atom is -0.497 e. The zero-order valence-corrected chi connectivity index (χ0v) is 16.4. The lowest BCUT2D eigenvalue weighted by molar-refractivity contribution is 0.415. The van der Waals surface area contributed by atoms with Gasteiger partial charge in [-0.15, -0.1) is 0 Å². The third kappa shape index (κ3) is 2.98. The summed E-state index contributed by atoms with van der Waals surface area (Å²) >= 11 is 0.